The summed E-state index contributed by atoms with van der Waals surface area (Å²) in [4.78, 5) is 23.9. The molecule has 1 rings (SSSR count). The van der Waals surface area contributed by atoms with Gasteiger partial charge in [0.2, 0.25) is 0 Å². The number of carbonyl (C=O) groups is 2. The molecular weight excluding hydrogens is 244 g/mol. The minimum Gasteiger partial charge on any atom is -0.461 e. The van der Waals surface area contributed by atoms with Crippen molar-refractivity contribution in [3.05, 3.63) is 25.3 Å². The lowest BCUT2D eigenvalue weighted by atomic mass is 9.74. The van der Waals surface area contributed by atoms with Crippen LogP contribution in [0, 0.1) is 17.8 Å². The molecule has 0 N–H and O–H groups in total. The molecule has 0 aromatic rings. The van der Waals surface area contributed by atoms with Gasteiger partial charge < -0.3 is 9.47 Å². The molecule has 1 fully saturated rings. The molecular formula is C15H22O4. The van der Waals surface area contributed by atoms with E-state index in [0.29, 0.717) is 18.8 Å². The summed E-state index contributed by atoms with van der Waals surface area (Å²) in [5.41, 5.74) is 0. The summed E-state index contributed by atoms with van der Waals surface area (Å²) in [7, 11) is 0. The molecule has 0 heterocycles. The second kappa shape index (κ2) is 7.77. The van der Waals surface area contributed by atoms with Gasteiger partial charge in [0.25, 0.3) is 0 Å². The molecule has 4 heteroatoms. The Morgan fingerprint density at radius 3 is 2.11 bits per heavy atom. The van der Waals surface area contributed by atoms with Crippen LogP contribution < -0.4 is 0 Å². The lowest BCUT2D eigenvalue weighted by Gasteiger charge is -2.31. The molecule has 1 saturated carbocycles. The molecule has 0 aliphatic heterocycles. The van der Waals surface area contributed by atoms with E-state index in [1.807, 2.05) is 0 Å². The van der Waals surface area contributed by atoms with Crippen LogP contribution in [0.3, 0.4) is 0 Å². The first-order valence-corrected chi connectivity index (χ1v) is 6.65. The maximum absolute atomic E-state index is 12.0. The molecule has 0 saturated heterocycles. The first-order valence-electron chi connectivity index (χ1n) is 6.65. The van der Waals surface area contributed by atoms with Crippen LogP contribution in [0.4, 0.5) is 0 Å². The smallest absolute Gasteiger partial charge is 0.310 e. The quantitative estimate of drug-likeness (QED) is 0.547. The van der Waals surface area contributed by atoms with Crippen LogP contribution in [0.5, 0.6) is 0 Å². The first-order chi connectivity index (χ1) is 9.10. The van der Waals surface area contributed by atoms with E-state index in [1.54, 1.807) is 0 Å². The summed E-state index contributed by atoms with van der Waals surface area (Å²) in [6.07, 6.45) is 5.32. The predicted molar refractivity (Wildman–Crippen MR) is 72.3 cm³/mol. The third-order valence-corrected chi connectivity index (χ3v) is 3.40. The fourth-order valence-corrected chi connectivity index (χ4v) is 2.42. The van der Waals surface area contributed by atoms with Gasteiger partial charge in [-0.05, 0) is 25.2 Å². The Labute approximate surface area is 114 Å². The van der Waals surface area contributed by atoms with Crippen molar-refractivity contribution >= 4 is 11.9 Å². The van der Waals surface area contributed by atoms with Gasteiger partial charge in [0.1, 0.15) is 13.2 Å². The number of hydrogen-bond donors (Lipinski definition) is 0. The van der Waals surface area contributed by atoms with Crippen molar-refractivity contribution in [1.82, 2.24) is 0 Å². The van der Waals surface area contributed by atoms with E-state index >= 15 is 0 Å². The molecule has 3 atom stereocenters. The molecule has 4 nitrogen and oxygen atoms in total. The van der Waals surface area contributed by atoms with E-state index in [4.69, 9.17) is 9.47 Å². The van der Waals surface area contributed by atoms with Gasteiger partial charge in [-0.1, -0.05) is 32.2 Å². The monoisotopic (exact) mass is 266 g/mol. The lowest BCUT2D eigenvalue weighted by Crippen LogP contribution is -2.37. The van der Waals surface area contributed by atoms with E-state index in [0.717, 1.165) is 6.42 Å². The van der Waals surface area contributed by atoms with Crippen molar-refractivity contribution in [2.45, 2.75) is 26.2 Å². The van der Waals surface area contributed by atoms with Gasteiger partial charge >= 0.3 is 11.9 Å². The number of ether oxygens (including phenoxy) is 2. The van der Waals surface area contributed by atoms with Gasteiger partial charge in [-0.15, -0.1) is 0 Å². The SMILES string of the molecule is C=CCOC(=O)C1CCC(C)CC1C(=O)OCC=C. The summed E-state index contributed by atoms with van der Waals surface area (Å²) in [5, 5.41) is 0. The van der Waals surface area contributed by atoms with Gasteiger partial charge in [-0.25, -0.2) is 0 Å². The molecule has 1 aliphatic rings. The Morgan fingerprint density at radius 1 is 1.05 bits per heavy atom. The van der Waals surface area contributed by atoms with Crippen LogP contribution in [0.1, 0.15) is 26.2 Å². The highest BCUT2D eigenvalue weighted by Crippen LogP contribution is 2.35. The maximum atomic E-state index is 12.0. The maximum Gasteiger partial charge on any atom is 0.310 e. The van der Waals surface area contributed by atoms with Gasteiger partial charge in [-0.3, -0.25) is 9.59 Å². The fraction of sp³-hybridized carbons (Fsp3) is 0.600. The topological polar surface area (TPSA) is 52.6 Å². The highest BCUT2D eigenvalue weighted by Gasteiger charge is 2.39. The molecule has 0 amide bonds. The van der Waals surface area contributed by atoms with Gasteiger partial charge in [0, 0.05) is 0 Å². The summed E-state index contributed by atoms with van der Waals surface area (Å²) in [5.74, 6) is -1.03. The Bertz CT molecular complexity index is 348. The van der Waals surface area contributed by atoms with E-state index in [-0.39, 0.29) is 25.2 Å². The normalized spacial score (nSPS) is 26.3. The van der Waals surface area contributed by atoms with Gasteiger partial charge in [-0.2, -0.15) is 0 Å². The molecule has 3 unspecified atom stereocenters. The van der Waals surface area contributed by atoms with Crippen molar-refractivity contribution in [3.63, 3.8) is 0 Å². The zero-order chi connectivity index (χ0) is 14.3. The molecule has 1 aliphatic carbocycles. The molecule has 0 radical (unpaired) electrons. The van der Waals surface area contributed by atoms with Gasteiger partial charge in [0.05, 0.1) is 11.8 Å². The minimum atomic E-state index is -0.402. The Morgan fingerprint density at radius 2 is 1.58 bits per heavy atom. The molecule has 106 valence electrons. The largest absolute Gasteiger partial charge is 0.461 e. The van der Waals surface area contributed by atoms with Crippen molar-refractivity contribution < 1.29 is 19.1 Å². The van der Waals surface area contributed by atoms with E-state index in [1.165, 1.54) is 12.2 Å². The van der Waals surface area contributed by atoms with E-state index < -0.39 is 11.8 Å². The fourth-order valence-electron chi connectivity index (χ4n) is 2.42. The van der Waals surface area contributed by atoms with Crippen molar-refractivity contribution in [1.29, 1.82) is 0 Å². The Balaban J connectivity index is 2.68. The summed E-state index contributed by atoms with van der Waals surface area (Å²) in [6, 6.07) is 0. The number of hydrogen-bond acceptors (Lipinski definition) is 4. The van der Waals surface area contributed by atoms with Crippen LogP contribution >= 0.6 is 0 Å². The zero-order valence-corrected chi connectivity index (χ0v) is 11.5. The zero-order valence-electron chi connectivity index (χ0n) is 11.5. The third-order valence-electron chi connectivity index (χ3n) is 3.40. The average Bonchev–Trinajstić information content (AvgIpc) is 2.41. The van der Waals surface area contributed by atoms with E-state index in [9.17, 15) is 9.59 Å². The standard InChI is InChI=1S/C15H22O4/c1-4-8-18-14(16)12-7-6-11(3)10-13(12)15(17)19-9-5-2/h4-5,11-13H,1-2,6-10H2,3H3. The number of esters is 2. The van der Waals surface area contributed by atoms with E-state index in [2.05, 4.69) is 20.1 Å². The first kappa shape index (κ1) is 15.5. The summed E-state index contributed by atoms with van der Waals surface area (Å²) in [6.45, 7) is 9.45. The Hall–Kier alpha value is -1.58. The van der Waals surface area contributed by atoms with Crippen molar-refractivity contribution in [2.24, 2.45) is 17.8 Å². The molecule has 0 bridgehead atoms. The van der Waals surface area contributed by atoms with Crippen LogP contribution in [-0.2, 0) is 19.1 Å². The molecule has 19 heavy (non-hydrogen) atoms. The third kappa shape index (κ3) is 4.54. The van der Waals surface area contributed by atoms with Crippen molar-refractivity contribution in [2.75, 3.05) is 13.2 Å². The van der Waals surface area contributed by atoms with Crippen LogP contribution in [-0.4, -0.2) is 25.2 Å². The van der Waals surface area contributed by atoms with Gasteiger partial charge in [0.15, 0.2) is 0 Å². The second-order valence-electron chi connectivity index (χ2n) is 4.97. The lowest BCUT2D eigenvalue weighted by molar-refractivity contribution is -0.162. The number of carbonyl (C=O) groups excluding carboxylic acids is 2. The summed E-state index contributed by atoms with van der Waals surface area (Å²) < 4.78 is 10.1. The minimum absolute atomic E-state index is 0.179. The molecule has 0 aromatic heterocycles. The molecule has 0 aromatic carbocycles. The van der Waals surface area contributed by atoms with Crippen LogP contribution in [0.25, 0.3) is 0 Å². The predicted octanol–water partition coefficient (Wildman–Crippen LogP) is 2.50. The van der Waals surface area contributed by atoms with Crippen LogP contribution in [0.2, 0.25) is 0 Å². The highest BCUT2D eigenvalue weighted by atomic mass is 16.5. The molecule has 0 spiro atoms. The highest BCUT2D eigenvalue weighted by molar-refractivity contribution is 5.82. The van der Waals surface area contributed by atoms with Crippen LogP contribution in [0.15, 0.2) is 25.3 Å². The average molecular weight is 266 g/mol. The Kier molecular flexibility index (Phi) is 6.33. The van der Waals surface area contributed by atoms with Crippen molar-refractivity contribution in [3.8, 4) is 0 Å². The second-order valence-corrected chi connectivity index (χ2v) is 4.97. The summed E-state index contributed by atoms with van der Waals surface area (Å²) >= 11 is 0. The number of rotatable bonds is 6.